The van der Waals surface area contributed by atoms with Crippen molar-refractivity contribution >= 4 is 34.3 Å². The number of hydrogen-bond donors (Lipinski definition) is 1. The van der Waals surface area contributed by atoms with E-state index in [1.165, 1.54) is 24.1 Å². The van der Waals surface area contributed by atoms with Gasteiger partial charge in [0, 0.05) is 49.3 Å². The van der Waals surface area contributed by atoms with E-state index in [0.29, 0.717) is 11.5 Å². The van der Waals surface area contributed by atoms with E-state index in [9.17, 15) is 4.39 Å². The summed E-state index contributed by atoms with van der Waals surface area (Å²) in [5.74, 6) is 0.169. The van der Waals surface area contributed by atoms with Crippen molar-refractivity contribution in [1.82, 2.24) is 19.5 Å². The van der Waals surface area contributed by atoms with Gasteiger partial charge >= 0.3 is 0 Å². The first-order chi connectivity index (χ1) is 15.1. The molecule has 0 amide bonds. The predicted octanol–water partition coefficient (Wildman–Crippen LogP) is 4.68. The van der Waals surface area contributed by atoms with E-state index in [2.05, 4.69) is 56.5 Å². The van der Waals surface area contributed by atoms with Crippen LogP contribution in [0.4, 0.5) is 21.6 Å². The summed E-state index contributed by atoms with van der Waals surface area (Å²) in [6.45, 7) is 4.26. The number of anilines is 3. The Morgan fingerprint density at radius 3 is 2.48 bits per heavy atom. The van der Waals surface area contributed by atoms with Crippen LogP contribution >= 0.6 is 11.6 Å². The monoisotopic (exact) mass is 436 g/mol. The molecule has 0 bridgehead atoms. The molecule has 3 heterocycles. The molecule has 6 nitrogen and oxygen atoms in total. The third-order valence-electron chi connectivity index (χ3n) is 5.66. The van der Waals surface area contributed by atoms with Crippen molar-refractivity contribution in [2.24, 2.45) is 0 Å². The average Bonchev–Trinajstić information content (AvgIpc) is 3.22. The Balaban J connectivity index is 1.41. The Kier molecular flexibility index (Phi) is 5.21. The molecule has 0 unspecified atom stereocenters. The smallest absolute Gasteiger partial charge is 0.158 e. The van der Waals surface area contributed by atoms with Gasteiger partial charge in [-0.1, -0.05) is 23.7 Å². The minimum atomic E-state index is -0.454. The second kappa shape index (κ2) is 8.17. The van der Waals surface area contributed by atoms with Crippen LogP contribution in [-0.4, -0.2) is 52.7 Å². The fourth-order valence-electron chi connectivity index (χ4n) is 3.82. The van der Waals surface area contributed by atoms with Gasteiger partial charge in [-0.05, 0) is 49.0 Å². The van der Waals surface area contributed by atoms with Crippen molar-refractivity contribution in [3.63, 3.8) is 0 Å². The van der Waals surface area contributed by atoms with Crippen LogP contribution < -0.4 is 10.2 Å². The average molecular weight is 437 g/mol. The van der Waals surface area contributed by atoms with Crippen molar-refractivity contribution in [3.8, 4) is 11.1 Å². The molecule has 1 aliphatic heterocycles. The van der Waals surface area contributed by atoms with Gasteiger partial charge in [0.05, 0.1) is 5.02 Å². The van der Waals surface area contributed by atoms with E-state index in [0.717, 1.165) is 42.8 Å². The van der Waals surface area contributed by atoms with E-state index < -0.39 is 5.82 Å². The van der Waals surface area contributed by atoms with Crippen LogP contribution in [0.2, 0.25) is 5.02 Å². The van der Waals surface area contributed by atoms with E-state index in [1.54, 1.807) is 10.6 Å². The van der Waals surface area contributed by atoms with Crippen molar-refractivity contribution in [2.45, 2.75) is 0 Å². The molecule has 0 spiro atoms. The molecular formula is C23H22ClFN6. The van der Waals surface area contributed by atoms with Gasteiger partial charge in [0.2, 0.25) is 0 Å². The van der Waals surface area contributed by atoms with Crippen molar-refractivity contribution in [1.29, 1.82) is 0 Å². The van der Waals surface area contributed by atoms with Crippen molar-refractivity contribution in [2.75, 3.05) is 43.4 Å². The molecule has 1 saturated heterocycles. The first kappa shape index (κ1) is 19.8. The van der Waals surface area contributed by atoms with E-state index in [-0.39, 0.29) is 5.02 Å². The van der Waals surface area contributed by atoms with Crippen LogP contribution in [-0.2, 0) is 0 Å². The molecular weight excluding hydrogens is 415 g/mol. The molecule has 0 saturated carbocycles. The molecule has 0 atom stereocenters. The lowest BCUT2D eigenvalue weighted by Gasteiger charge is -2.34. The normalized spacial score (nSPS) is 14.9. The summed E-state index contributed by atoms with van der Waals surface area (Å²) in [5, 5.41) is 7.59. The van der Waals surface area contributed by atoms with Crippen molar-refractivity contribution < 1.29 is 4.39 Å². The fourth-order valence-corrected chi connectivity index (χ4v) is 4.00. The molecule has 0 aliphatic carbocycles. The molecule has 2 aromatic carbocycles. The molecule has 1 N–H and O–H groups in total. The summed E-state index contributed by atoms with van der Waals surface area (Å²) in [4.78, 5) is 9.12. The van der Waals surface area contributed by atoms with E-state index in [4.69, 9.17) is 11.6 Å². The number of aromatic nitrogens is 3. The standard InChI is InChI=1S/C23H22ClFN6/c1-29-8-10-30(11-9-29)19-5-2-16(3-6-19)17-12-22-23(26-15-27-31(22)14-17)28-18-4-7-21(25)20(24)13-18/h2-7,12-15H,8-11H2,1H3,(H,26,27,28). The van der Waals surface area contributed by atoms with Gasteiger partial charge in [0.15, 0.2) is 5.82 Å². The maximum Gasteiger partial charge on any atom is 0.158 e. The number of likely N-dealkylation sites (N-methyl/N-ethyl adjacent to an activating group) is 1. The lowest BCUT2D eigenvalue weighted by Crippen LogP contribution is -2.44. The van der Waals surface area contributed by atoms with Gasteiger partial charge in [-0.15, -0.1) is 0 Å². The summed E-state index contributed by atoms with van der Waals surface area (Å²) < 4.78 is 15.2. The largest absolute Gasteiger partial charge is 0.369 e. The summed E-state index contributed by atoms with van der Waals surface area (Å²) in [7, 11) is 2.16. The van der Waals surface area contributed by atoms with Gasteiger partial charge < -0.3 is 15.1 Å². The predicted molar refractivity (Wildman–Crippen MR) is 123 cm³/mol. The molecule has 4 aromatic rings. The second-order valence-electron chi connectivity index (χ2n) is 7.76. The van der Waals surface area contributed by atoms with Gasteiger partial charge in [-0.25, -0.2) is 13.9 Å². The number of piperazine rings is 1. The molecule has 5 rings (SSSR count). The SMILES string of the molecule is CN1CCN(c2ccc(-c3cc4c(Nc5ccc(F)c(Cl)c5)ncnn4c3)cc2)CC1. The first-order valence-electron chi connectivity index (χ1n) is 10.2. The lowest BCUT2D eigenvalue weighted by atomic mass is 10.1. The summed E-state index contributed by atoms with van der Waals surface area (Å²) >= 11 is 5.90. The Morgan fingerprint density at radius 2 is 1.74 bits per heavy atom. The minimum Gasteiger partial charge on any atom is -0.369 e. The zero-order valence-electron chi connectivity index (χ0n) is 17.1. The number of nitrogens with one attached hydrogen (secondary N) is 1. The maximum absolute atomic E-state index is 13.5. The summed E-state index contributed by atoms with van der Waals surface area (Å²) in [5.41, 5.74) is 4.88. The van der Waals surface area contributed by atoms with Gasteiger partial charge in [-0.3, -0.25) is 0 Å². The number of fused-ring (bicyclic) bond motifs is 1. The molecule has 8 heteroatoms. The summed E-state index contributed by atoms with van der Waals surface area (Å²) in [6, 6.07) is 15.2. The molecule has 158 valence electrons. The fraction of sp³-hybridized carbons (Fsp3) is 0.217. The number of rotatable bonds is 4. The van der Waals surface area contributed by atoms with E-state index >= 15 is 0 Å². The van der Waals surface area contributed by atoms with Crippen LogP contribution in [0.25, 0.3) is 16.6 Å². The Labute approximate surface area is 184 Å². The van der Waals surface area contributed by atoms with Crippen LogP contribution in [0.1, 0.15) is 0 Å². The van der Waals surface area contributed by atoms with Gasteiger partial charge in [0.1, 0.15) is 17.7 Å². The molecule has 1 aliphatic rings. The van der Waals surface area contributed by atoms with Gasteiger partial charge in [0.25, 0.3) is 0 Å². The third-order valence-corrected chi connectivity index (χ3v) is 5.95. The zero-order valence-corrected chi connectivity index (χ0v) is 17.8. The zero-order chi connectivity index (χ0) is 21.4. The van der Waals surface area contributed by atoms with Gasteiger partial charge in [-0.2, -0.15) is 5.10 Å². The van der Waals surface area contributed by atoms with E-state index in [1.807, 2.05) is 12.3 Å². The number of nitrogens with zero attached hydrogens (tertiary/aromatic N) is 5. The first-order valence-corrected chi connectivity index (χ1v) is 10.5. The number of halogens is 2. The Hall–Kier alpha value is -3.16. The van der Waals surface area contributed by atoms with Crippen LogP contribution in [0.15, 0.2) is 61.1 Å². The molecule has 31 heavy (non-hydrogen) atoms. The quantitative estimate of drug-likeness (QED) is 0.503. The van der Waals surface area contributed by atoms with Crippen molar-refractivity contribution in [3.05, 3.63) is 71.9 Å². The molecule has 0 radical (unpaired) electrons. The maximum atomic E-state index is 13.5. The summed E-state index contributed by atoms with van der Waals surface area (Å²) in [6.07, 6.45) is 3.46. The van der Waals surface area contributed by atoms with Crippen LogP contribution in [0, 0.1) is 5.82 Å². The molecule has 1 fully saturated rings. The van der Waals surface area contributed by atoms with Crippen LogP contribution in [0.3, 0.4) is 0 Å². The highest BCUT2D eigenvalue weighted by atomic mass is 35.5. The highest BCUT2D eigenvalue weighted by Crippen LogP contribution is 2.29. The minimum absolute atomic E-state index is 0.0617. The van der Waals surface area contributed by atoms with Crippen LogP contribution in [0.5, 0.6) is 0 Å². The topological polar surface area (TPSA) is 48.7 Å². The Bertz CT molecular complexity index is 1210. The number of hydrogen-bond acceptors (Lipinski definition) is 5. The second-order valence-corrected chi connectivity index (χ2v) is 8.17. The highest BCUT2D eigenvalue weighted by molar-refractivity contribution is 6.31. The lowest BCUT2D eigenvalue weighted by molar-refractivity contribution is 0.313. The molecule has 2 aromatic heterocycles. The highest BCUT2D eigenvalue weighted by Gasteiger charge is 2.15. The third kappa shape index (κ3) is 4.06. The number of benzene rings is 2. The Morgan fingerprint density at radius 1 is 0.968 bits per heavy atom.